The van der Waals surface area contributed by atoms with Crippen LogP contribution < -0.4 is 9.54 Å². The standard InChI is InChI=1S/C20H18N2O3S/c1-4-12-7-6-10-16-17(12)22(2)20(26-16)21-19(23)15-11-13-8-5-9-14(24-3)18(13)25-15/h5-11H,4H2,1-3H3. The number of nitrogens with zero attached hydrogens (tertiary/aromatic N) is 2. The number of ether oxygens (including phenoxy) is 1. The van der Waals surface area contributed by atoms with Gasteiger partial charge in [-0.05, 0) is 30.2 Å². The Labute approximate surface area is 154 Å². The molecule has 2 aromatic carbocycles. The normalized spacial score (nSPS) is 12.2. The van der Waals surface area contributed by atoms with E-state index in [1.165, 1.54) is 16.9 Å². The van der Waals surface area contributed by atoms with Gasteiger partial charge in [0.05, 0.1) is 17.3 Å². The smallest absolute Gasteiger partial charge is 0.315 e. The molecule has 0 unspecified atom stereocenters. The number of hydrogen-bond acceptors (Lipinski definition) is 4. The number of benzene rings is 2. The Bertz CT molecular complexity index is 1200. The molecule has 0 saturated heterocycles. The summed E-state index contributed by atoms with van der Waals surface area (Å²) in [6, 6.07) is 13.4. The number of aryl methyl sites for hydroxylation is 2. The second kappa shape index (κ2) is 6.46. The van der Waals surface area contributed by atoms with Crippen molar-refractivity contribution in [1.82, 2.24) is 4.57 Å². The molecule has 0 N–H and O–H groups in total. The minimum atomic E-state index is -0.400. The molecule has 4 aromatic rings. The Kier molecular flexibility index (Phi) is 4.12. The summed E-state index contributed by atoms with van der Waals surface area (Å²) in [6.07, 6.45) is 0.929. The van der Waals surface area contributed by atoms with Gasteiger partial charge in [0.2, 0.25) is 0 Å². The molecular formula is C20H18N2O3S. The molecule has 0 atom stereocenters. The van der Waals surface area contributed by atoms with Crippen LogP contribution in [0.25, 0.3) is 21.2 Å². The number of thiazole rings is 1. The van der Waals surface area contributed by atoms with Crippen molar-refractivity contribution in [2.75, 3.05) is 7.11 Å². The van der Waals surface area contributed by atoms with Crippen LogP contribution >= 0.6 is 11.3 Å². The third-order valence-corrected chi connectivity index (χ3v) is 5.52. The maximum absolute atomic E-state index is 12.7. The van der Waals surface area contributed by atoms with Crippen molar-refractivity contribution in [1.29, 1.82) is 0 Å². The molecule has 2 heterocycles. The summed E-state index contributed by atoms with van der Waals surface area (Å²) >= 11 is 1.50. The molecule has 4 rings (SSSR count). The summed E-state index contributed by atoms with van der Waals surface area (Å²) in [5.74, 6) is 0.405. The fourth-order valence-corrected chi connectivity index (χ4v) is 4.19. The lowest BCUT2D eigenvalue weighted by Gasteiger charge is -2.01. The molecule has 6 heteroatoms. The predicted octanol–water partition coefficient (Wildman–Crippen LogP) is 4.30. The quantitative estimate of drug-likeness (QED) is 0.543. The van der Waals surface area contributed by atoms with E-state index in [0.717, 1.165) is 22.0 Å². The van der Waals surface area contributed by atoms with Gasteiger partial charge in [0.1, 0.15) is 0 Å². The molecule has 0 aliphatic rings. The molecule has 0 spiro atoms. The van der Waals surface area contributed by atoms with Gasteiger partial charge in [-0.3, -0.25) is 4.79 Å². The number of amides is 1. The first-order chi connectivity index (χ1) is 12.6. The van der Waals surface area contributed by atoms with Crippen LogP contribution in [0.1, 0.15) is 23.0 Å². The van der Waals surface area contributed by atoms with Gasteiger partial charge in [-0.15, -0.1) is 0 Å². The van der Waals surface area contributed by atoms with Crippen molar-refractivity contribution >= 4 is 38.4 Å². The maximum Gasteiger partial charge on any atom is 0.315 e. The van der Waals surface area contributed by atoms with Crippen molar-refractivity contribution in [2.24, 2.45) is 12.0 Å². The molecule has 0 radical (unpaired) electrons. The van der Waals surface area contributed by atoms with Gasteiger partial charge in [-0.1, -0.05) is 42.5 Å². The van der Waals surface area contributed by atoms with Gasteiger partial charge >= 0.3 is 5.91 Å². The number of aromatic nitrogens is 1. The average Bonchev–Trinajstić information content (AvgIpc) is 3.23. The Morgan fingerprint density at radius 2 is 2.08 bits per heavy atom. The summed E-state index contributed by atoms with van der Waals surface area (Å²) in [7, 11) is 3.51. The van der Waals surface area contributed by atoms with Crippen LogP contribution in [-0.2, 0) is 13.5 Å². The van der Waals surface area contributed by atoms with Crippen LogP contribution in [0.4, 0.5) is 0 Å². The summed E-state index contributed by atoms with van der Waals surface area (Å²) in [4.78, 5) is 17.6. The van der Waals surface area contributed by atoms with E-state index in [2.05, 4.69) is 24.0 Å². The SMILES string of the molecule is CCc1cccc2sc(=NC(=O)c3cc4cccc(OC)c4o3)n(C)c12. The van der Waals surface area contributed by atoms with E-state index in [-0.39, 0.29) is 5.76 Å². The minimum absolute atomic E-state index is 0.206. The van der Waals surface area contributed by atoms with Crippen LogP contribution in [0.2, 0.25) is 0 Å². The van der Waals surface area contributed by atoms with E-state index in [1.807, 2.05) is 29.8 Å². The van der Waals surface area contributed by atoms with Crippen LogP contribution in [-0.4, -0.2) is 17.6 Å². The molecule has 0 saturated carbocycles. The van der Waals surface area contributed by atoms with Crippen LogP contribution in [0.15, 0.2) is 51.9 Å². The maximum atomic E-state index is 12.7. The third kappa shape index (κ3) is 2.63. The van der Waals surface area contributed by atoms with E-state index in [1.54, 1.807) is 19.2 Å². The number of fused-ring (bicyclic) bond motifs is 2. The van der Waals surface area contributed by atoms with Crippen molar-refractivity contribution in [3.05, 3.63) is 58.6 Å². The van der Waals surface area contributed by atoms with E-state index in [0.29, 0.717) is 16.1 Å². The van der Waals surface area contributed by atoms with Gasteiger partial charge in [0, 0.05) is 12.4 Å². The number of methoxy groups -OCH3 is 1. The minimum Gasteiger partial charge on any atom is -0.493 e. The topological polar surface area (TPSA) is 56.7 Å². The highest BCUT2D eigenvalue weighted by Crippen LogP contribution is 2.28. The van der Waals surface area contributed by atoms with Gasteiger partial charge < -0.3 is 13.7 Å². The van der Waals surface area contributed by atoms with E-state index in [9.17, 15) is 4.79 Å². The predicted molar refractivity (Wildman–Crippen MR) is 103 cm³/mol. The zero-order valence-electron chi connectivity index (χ0n) is 14.8. The first kappa shape index (κ1) is 16.6. The molecule has 26 heavy (non-hydrogen) atoms. The van der Waals surface area contributed by atoms with Crippen LogP contribution in [0.5, 0.6) is 5.75 Å². The number of furan rings is 1. The summed E-state index contributed by atoms with van der Waals surface area (Å²) in [6.45, 7) is 2.12. The average molecular weight is 366 g/mol. The summed E-state index contributed by atoms with van der Waals surface area (Å²) in [5.41, 5.74) is 2.92. The van der Waals surface area contributed by atoms with Crippen LogP contribution in [0.3, 0.4) is 0 Å². The highest BCUT2D eigenvalue weighted by atomic mass is 32.1. The molecule has 5 nitrogen and oxygen atoms in total. The zero-order valence-corrected chi connectivity index (χ0v) is 15.6. The van der Waals surface area contributed by atoms with E-state index < -0.39 is 5.91 Å². The second-order valence-corrected chi connectivity index (χ2v) is 6.98. The number of para-hydroxylation sites is 2. The largest absolute Gasteiger partial charge is 0.493 e. The Morgan fingerprint density at radius 1 is 1.27 bits per heavy atom. The van der Waals surface area contributed by atoms with Crippen molar-refractivity contribution in [3.8, 4) is 5.75 Å². The number of hydrogen-bond donors (Lipinski definition) is 0. The van der Waals surface area contributed by atoms with Gasteiger partial charge in [0.15, 0.2) is 21.9 Å². The Hall–Kier alpha value is -2.86. The van der Waals surface area contributed by atoms with Gasteiger partial charge in [-0.2, -0.15) is 4.99 Å². The number of rotatable bonds is 3. The number of carbonyl (C=O) groups is 1. The highest BCUT2D eigenvalue weighted by Gasteiger charge is 2.15. The molecule has 0 aliphatic carbocycles. The highest BCUT2D eigenvalue weighted by molar-refractivity contribution is 7.16. The lowest BCUT2D eigenvalue weighted by Crippen LogP contribution is -2.13. The number of carbonyl (C=O) groups excluding carboxylic acids is 1. The Morgan fingerprint density at radius 3 is 2.85 bits per heavy atom. The first-order valence-electron chi connectivity index (χ1n) is 8.35. The molecule has 0 aliphatic heterocycles. The van der Waals surface area contributed by atoms with Crippen molar-refractivity contribution < 1.29 is 13.9 Å². The van der Waals surface area contributed by atoms with Crippen LogP contribution in [0, 0.1) is 0 Å². The Balaban J connectivity index is 1.83. The van der Waals surface area contributed by atoms with E-state index in [4.69, 9.17) is 9.15 Å². The second-order valence-electron chi connectivity index (χ2n) is 5.97. The zero-order chi connectivity index (χ0) is 18.3. The third-order valence-electron chi connectivity index (χ3n) is 4.42. The molecule has 0 bridgehead atoms. The molecule has 2 aromatic heterocycles. The molecular weight excluding hydrogens is 348 g/mol. The fourth-order valence-electron chi connectivity index (χ4n) is 3.12. The first-order valence-corrected chi connectivity index (χ1v) is 9.17. The lowest BCUT2D eigenvalue weighted by molar-refractivity contribution is 0.0973. The van der Waals surface area contributed by atoms with E-state index >= 15 is 0 Å². The van der Waals surface area contributed by atoms with Gasteiger partial charge in [0.25, 0.3) is 0 Å². The fraction of sp³-hybridized carbons (Fsp3) is 0.200. The molecule has 1 amide bonds. The summed E-state index contributed by atoms with van der Waals surface area (Å²) < 4.78 is 14.1. The monoisotopic (exact) mass is 366 g/mol. The van der Waals surface area contributed by atoms with Crippen molar-refractivity contribution in [2.45, 2.75) is 13.3 Å². The lowest BCUT2D eigenvalue weighted by atomic mass is 10.1. The molecule has 0 fully saturated rings. The molecule has 132 valence electrons. The summed E-state index contributed by atoms with van der Waals surface area (Å²) in [5, 5.41) is 0.817. The van der Waals surface area contributed by atoms with Gasteiger partial charge in [-0.25, -0.2) is 0 Å². The van der Waals surface area contributed by atoms with Crippen molar-refractivity contribution in [3.63, 3.8) is 0 Å².